The Morgan fingerprint density at radius 3 is 2.75 bits per heavy atom. The van der Waals surface area contributed by atoms with Gasteiger partial charge in [0.25, 0.3) is 5.91 Å². The number of carbonyl (C=O) groups is 2. The van der Waals surface area contributed by atoms with E-state index in [4.69, 9.17) is 14.2 Å². The van der Waals surface area contributed by atoms with Crippen molar-refractivity contribution in [2.75, 3.05) is 6.61 Å². The second-order valence-corrected chi connectivity index (χ2v) is 4.35. The molecule has 0 radical (unpaired) electrons. The number of esters is 1. The topological polar surface area (TPSA) is 73.9 Å². The van der Waals surface area contributed by atoms with Crippen molar-refractivity contribution in [1.29, 1.82) is 0 Å². The van der Waals surface area contributed by atoms with Crippen LogP contribution in [0.2, 0.25) is 0 Å². The van der Waals surface area contributed by atoms with Crippen LogP contribution in [0.25, 0.3) is 0 Å². The zero-order valence-corrected chi connectivity index (χ0v) is 11.3. The molecular formula is C14H17NO5. The summed E-state index contributed by atoms with van der Waals surface area (Å²) < 4.78 is 15.4. The molecule has 1 heterocycles. The maximum Gasteiger partial charge on any atom is 0.412 e. The third-order valence-corrected chi connectivity index (χ3v) is 2.82. The van der Waals surface area contributed by atoms with E-state index < -0.39 is 18.0 Å². The van der Waals surface area contributed by atoms with Crippen LogP contribution in [0.15, 0.2) is 30.3 Å². The Labute approximate surface area is 117 Å². The lowest BCUT2D eigenvalue weighted by Gasteiger charge is -2.27. The molecule has 1 aromatic carbocycles. The molecule has 1 fully saturated rings. The van der Waals surface area contributed by atoms with E-state index in [9.17, 15) is 9.59 Å². The van der Waals surface area contributed by atoms with Crippen LogP contribution < -0.4 is 5.32 Å². The summed E-state index contributed by atoms with van der Waals surface area (Å²) in [7, 11) is 0. The number of hydrogen-bond donors (Lipinski definition) is 1. The molecule has 1 saturated heterocycles. The molecule has 6 nitrogen and oxygen atoms in total. The van der Waals surface area contributed by atoms with Crippen molar-refractivity contribution in [3.05, 3.63) is 35.9 Å². The predicted octanol–water partition coefficient (Wildman–Crippen LogP) is 1.94. The minimum Gasteiger partial charge on any atom is -0.445 e. The maximum atomic E-state index is 11.8. The van der Waals surface area contributed by atoms with Gasteiger partial charge in [-0.1, -0.05) is 30.3 Å². The fourth-order valence-electron chi connectivity index (χ4n) is 1.93. The van der Waals surface area contributed by atoms with Crippen LogP contribution in [-0.4, -0.2) is 24.6 Å². The van der Waals surface area contributed by atoms with Gasteiger partial charge in [0.05, 0.1) is 13.0 Å². The average Bonchev–Trinajstić information content (AvgIpc) is 2.79. The summed E-state index contributed by atoms with van der Waals surface area (Å²) in [6.07, 6.45) is -0.198. The van der Waals surface area contributed by atoms with Crippen LogP contribution in [0, 0.1) is 0 Å². The first-order valence-electron chi connectivity index (χ1n) is 6.48. The van der Waals surface area contributed by atoms with Gasteiger partial charge in [-0.05, 0) is 12.5 Å². The largest absolute Gasteiger partial charge is 0.445 e. The number of ether oxygens (including phenoxy) is 3. The molecule has 0 unspecified atom stereocenters. The van der Waals surface area contributed by atoms with Crippen LogP contribution >= 0.6 is 0 Å². The molecule has 0 aromatic heterocycles. The van der Waals surface area contributed by atoms with Crippen molar-refractivity contribution in [1.82, 2.24) is 5.32 Å². The molecule has 1 aliphatic heterocycles. The number of benzene rings is 1. The average molecular weight is 279 g/mol. The van der Waals surface area contributed by atoms with Crippen LogP contribution in [0.4, 0.5) is 4.79 Å². The lowest BCUT2D eigenvalue weighted by molar-refractivity contribution is -0.221. The molecule has 6 heteroatoms. The van der Waals surface area contributed by atoms with Gasteiger partial charge < -0.3 is 14.2 Å². The molecule has 0 bridgehead atoms. The Morgan fingerprint density at radius 1 is 1.40 bits per heavy atom. The van der Waals surface area contributed by atoms with Crippen LogP contribution in [0.3, 0.4) is 0 Å². The van der Waals surface area contributed by atoms with E-state index in [1.807, 2.05) is 30.3 Å². The number of amides is 1. The summed E-state index contributed by atoms with van der Waals surface area (Å²) in [4.78, 5) is 23.0. The highest BCUT2D eigenvalue weighted by Gasteiger charge is 2.43. The Morgan fingerprint density at radius 2 is 2.15 bits per heavy atom. The monoisotopic (exact) mass is 279 g/mol. The fraction of sp³-hybridized carbons (Fsp3) is 0.429. The first-order chi connectivity index (χ1) is 9.63. The molecule has 1 atom stereocenters. The summed E-state index contributed by atoms with van der Waals surface area (Å²) in [6, 6.07) is 9.29. The number of alkyl carbamates (subject to hydrolysis) is 1. The number of rotatable bonds is 5. The van der Waals surface area contributed by atoms with Gasteiger partial charge in [0.15, 0.2) is 0 Å². The molecule has 108 valence electrons. The molecule has 0 saturated carbocycles. The summed E-state index contributed by atoms with van der Waals surface area (Å²) in [5.41, 5.74) is 0.872. The van der Waals surface area contributed by atoms with Gasteiger partial charge in [-0.3, -0.25) is 10.1 Å². The van der Waals surface area contributed by atoms with E-state index >= 15 is 0 Å². The van der Waals surface area contributed by atoms with Gasteiger partial charge in [0.2, 0.25) is 0 Å². The van der Waals surface area contributed by atoms with Crippen LogP contribution in [0.5, 0.6) is 0 Å². The first kappa shape index (κ1) is 14.3. The molecular weight excluding hydrogens is 262 g/mol. The van der Waals surface area contributed by atoms with E-state index in [0.29, 0.717) is 6.61 Å². The van der Waals surface area contributed by atoms with Gasteiger partial charge in [0, 0.05) is 6.42 Å². The molecule has 1 N–H and O–H groups in total. The lowest BCUT2D eigenvalue weighted by Crippen LogP contribution is -2.50. The quantitative estimate of drug-likeness (QED) is 0.658. The second-order valence-electron chi connectivity index (χ2n) is 4.35. The van der Waals surface area contributed by atoms with Gasteiger partial charge in [0.1, 0.15) is 6.61 Å². The lowest BCUT2D eigenvalue weighted by atomic mass is 10.2. The van der Waals surface area contributed by atoms with Gasteiger partial charge in [-0.2, -0.15) is 0 Å². The first-order valence-corrected chi connectivity index (χ1v) is 6.48. The number of hydrogen-bond acceptors (Lipinski definition) is 5. The molecule has 2 rings (SSSR count). The smallest absolute Gasteiger partial charge is 0.412 e. The van der Waals surface area contributed by atoms with E-state index in [0.717, 1.165) is 5.56 Å². The van der Waals surface area contributed by atoms with E-state index in [1.165, 1.54) is 0 Å². The van der Waals surface area contributed by atoms with Gasteiger partial charge in [-0.15, -0.1) is 0 Å². The van der Waals surface area contributed by atoms with E-state index in [2.05, 4.69) is 5.32 Å². The van der Waals surface area contributed by atoms with Gasteiger partial charge >= 0.3 is 12.1 Å². The number of cyclic esters (lactones) is 1. The van der Waals surface area contributed by atoms with E-state index in [1.54, 1.807) is 6.92 Å². The third kappa shape index (κ3) is 3.71. The zero-order valence-electron chi connectivity index (χ0n) is 11.3. The third-order valence-electron chi connectivity index (χ3n) is 2.82. The van der Waals surface area contributed by atoms with Crippen molar-refractivity contribution < 1.29 is 23.8 Å². The Kier molecular flexibility index (Phi) is 4.57. The zero-order chi connectivity index (χ0) is 14.4. The van der Waals surface area contributed by atoms with Gasteiger partial charge in [-0.25, -0.2) is 4.79 Å². The number of nitrogens with one attached hydrogen (secondary N) is 1. The maximum absolute atomic E-state index is 11.8. The highest BCUT2D eigenvalue weighted by Crippen LogP contribution is 2.25. The fourth-order valence-corrected chi connectivity index (χ4v) is 1.93. The summed E-state index contributed by atoms with van der Waals surface area (Å²) >= 11 is 0. The molecule has 20 heavy (non-hydrogen) atoms. The van der Waals surface area contributed by atoms with E-state index in [-0.39, 0.29) is 19.4 Å². The van der Waals surface area contributed by atoms with Crippen molar-refractivity contribution in [2.24, 2.45) is 0 Å². The number of carbonyl (C=O) groups excluding carboxylic acids is 2. The van der Waals surface area contributed by atoms with Crippen LogP contribution in [-0.2, 0) is 25.6 Å². The van der Waals surface area contributed by atoms with Crippen molar-refractivity contribution in [3.8, 4) is 0 Å². The molecule has 1 aliphatic rings. The highest BCUT2D eigenvalue weighted by molar-refractivity contribution is 5.74. The summed E-state index contributed by atoms with van der Waals surface area (Å²) in [5, 5.41) is 2.47. The second kappa shape index (κ2) is 6.38. The van der Waals surface area contributed by atoms with Crippen molar-refractivity contribution >= 4 is 12.1 Å². The SMILES string of the molecule is CCO[C@]1(NC(=O)OCc2ccccc2)CCC(=O)O1. The Hall–Kier alpha value is -2.08. The summed E-state index contributed by atoms with van der Waals surface area (Å²) in [6.45, 7) is 2.21. The standard InChI is InChI=1S/C14H17NO5/c1-2-19-14(9-8-12(16)20-14)15-13(17)18-10-11-6-4-3-5-7-11/h3-7H,2,8-10H2,1H3,(H,15,17)/t14-/m1/s1. The molecule has 0 spiro atoms. The predicted molar refractivity (Wildman–Crippen MR) is 69.4 cm³/mol. The van der Waals surface area contributed by atoms with Crippen LogP contribution in [0.1, 0.15) is 25.3 Å². The summed E-state index contributed by atoms with van der Waals surface area (Å²) in [5.74, 6) is -1.79. The normalized spacial score (nSPS) is 21.4. The minimum atomic E-state index is -1.39. The molecule has 0 aliphatic carbocycles. The Balaban J connectivity index is 1.87. The highest BCUT2D eigenvalue weighted by atomic mass is 16.7. The van der Waals surface area contributed by atoms with Crippen molar-refractivity contribution in [2.45, 2.75) is 32.3 Å². The molecule has 1 amide bonds. The van der Waals surface area contributed by atoms with Crippen molar-refractivity contribution in [3.63, 3.8) is 0 Å². The minimum absolute atomic E-state index is 0.142. The Bertz CT molecular complexity index is 476. The molecule has 1 aromatic rings.